The van der Waals surface area contributed by atoms with Crippen molar-refractivity contribution in [3.63, 3.8) is 0 Å². The number of thioether (sulfide) groups is 1. The van der Waals surface area contributed by atoms with Gasteiger partial charge in [0.1, 0.15) is 12.4 Å². The van der Waals surface area contributed by atoms with E-state index in [2.05, 4.69) is 4.99 Å². The highest BCUT2D eigenvalue weighted by Gasteiger charge is 2.47. The number of benzene rings is 2. The Morgan fingerprint density at radius 3 is 2.47 bits per heavy atom. The van der Waals surface area contributed by atoms with Gasteiger partial charge < -0.3 is 9.47 Å². The Hall–Kier alpha value is -3.06. The first-order chi connectivity index (χ1) is 15.5. The van der Waals surface area contributed by atoms with Crippen LogP contribution < -0.4 is 4.74 Å². The molecule has 0 N–H and O–H groups in total. The van der Waals surface area contributed by atoms with Gasteiger partial charge in [0.25, 0.3) is 0 Å². The van der Waals surface area contributed by atoms with E-state index in [4.69, 9.17) is 9.47 Å². The summed E-state index contributed by atoms with van der Waals surface area (Å²) in [6, 6.07) is 16.5. The van der Waals surface area contributed by atoms with E-state index in [0.717, 1.165) is 16.9 Å². The molecule has 0 aliphatic carbocycles. The number of fused-ring (bicyclic) bond motifs is 1. The number of nitrogens with zero attached hydrogens (tertiary/aromatic N) is 2. The summed E-state index contributed by atoms with van der Waals surface area (Å²) in [7, 11) is 0. The smallest absolute Gasteiger partial charge is 0.338 e. The molecule has 2 aliphatic rings. The molecular formula is C25H26N2O4S. The maximum Gasteiger partial charge on any atom is 0.338 e. The van der Waals surface area contributed by atoms with Crippen molar-refractivity contribution in [3.8, 4) is 5.75 Å². The lowest BCUT2D eigenvalue weighted by molar-refractivity contribution is -0.141. The number of carbonyl (C=O) groups excluding carboxylic acids is 2. The molecule has 0 spiro atoms. The normalized spacial score (nSPS) is 20.2. The largest absolute Gasteiger partial charge is 0.494 e. The number of esters is 1. The fraction of sp³-hybridized carbons (Fsp3) is 0.320. The molecular weight excluding hydrogens is 424 g/mol. The van der Waals surface area contributed by atoms with Gasteiger partial charge in [0, 0.05) is 0 Å². The highest BCUT2D eigenvalue weighted by molar-refractivity contribution is 8.15. The second kappa shape index (κ2) is 9.61. The molecule has 0 bridgehead atoms. The predicted octanol–water partition coefficient (Wildman–Crippen LogP) is 4.87. The molecule has 1 amide bonds. The lowest BCUT2D eigenvalue weighted by atomic mass is 9.94. The first-order valence-electron chi connectivity index (χ1n) is 10.8. The molecule has 1 saturated heterocycles. The SMILES string of the molecule is CCOc1ccc([C@@H]2C(C(=O)OCc3ccccc3)=C(C)N=C3S[C@@H](CC)C(=O)N32)cc1. The van der Waals surface area contributed by atoms with Gasteiger partial charge in [-0.05, 0) is 43.5 Å². The van der Waals surface area contributed by atoms with Gasteiger partial charge in [0.15, 0.2) is 5.17 Å². The molecule has 6 nitrogen and oxygen atoms in total. The molecule has 0 unspecified atom stereocenters. The van der Waals surface area contributed by atoms with Crippen LogP contribution in [0.25, 0.3) is 0 Å². The predicted molar refractivity (Wildman–Crippen MR) is 125 cm³/mol. The molecule has 32 heavy (non-hydrogen) atoms. The number of aliphatic imine (C=N–C) groups is 1. The fourth-order valence-corrected chi connectivity index (χ4v) is 5.01. The Morgan fingerprint density at radius 1 is 1.09 bits per heavy atom. The van der Waals surface area contributed by atoms with E-state index in [9.17, 15) is 9.59 Å². The van der Waals surface area contributed by atoms with Crippen molar-refractivity contribution < 1.29 is 19.1 Å². The van der Waals surface area contributed by atoms with Crippen LogP contribution >= 0.6 is 11.8 Å². The van der Waals surface area contributed by atoms with Crippen molar-refractivity contribution in [1.29, 1.82) is 0 Å². The van der Waals surface area contributed by atoms with Crippen LogP contribution in [-0.2, 0) is 20.9 Å². The van der Waals surface area contributed by atoms with E-state index in [1.54, 1.807) is 11.8 Å². The van der Waals surface area contributed by atoms with Crippen molar-refractivity contribution in [2.45, 2.75) is 45.1 Å². The molecule has 2 aliphatic heterocycles. The number of rotatable bonds is 7. The Labute approximate surface area is 192 Å². The van der Waals surface area contributed by atoms with Crippen LogP contribution in [0, 0.1) is 0 Å². The zero-order valence-electron chi connectivity index (χ0n) is 18.4. The third-order valence-corrected chi connectivity index (χ3v) is 6.78. The van der Waals surface area contributed by atoms with Crippen LogP contribution in [0.15, 0.2) is 70.9 Å². The number of allylic oxidation sites excluding steroid dienone is 1. The van der Waals surface area contributed by atoms with E-state index in [-0.39, 0.29) is 17.8 Å². The van der Waals surface area contributed by atoms with Crippen molar-refractivity contribution in [2.75, 3.05) is 6.61 Å². The topological polar surface area (TPSA) is 68.2 Å². The summed E-state index contributed by atoms with van der Waals surface area (Å²) in [5, 5.41) is 0.435. The number of carbonyl (C=O) groups is 2. The van der Waals surface area contributed by atoms with E-state index >= 15 is 0 Å². The van der Waals surface area contributed by atoms with Crippen molar-refractivity contribution >= 4 is 28.8 Å². The summed E-state index contributed by atoms with van der Waals surface area (Å²) in [4.78, 5) is 32.7. The summed E-state index contributed by atoms with van der Waals surface area (Å²) < 4.78 is 11.2. The van der Waals surface area contributed by atoms with Crippen LogP contribution in [0.4, 0.5) is 0 Å². The van der Waals surface area contributed by atoms with E-state index in [1.165, 1.54) is 11.8 Å². The van der Waals surface area contributed by atoms with Crippen molar-refractivity contribution in [1.82, 2.24) is 4.90 Å². The minimum absolute atomic E-state index is 0.0315. The molecule has 2 atom stereocenters. The molecule has 4 rings (SSSR count). The summed E-state index contributed by atoms with van der Waals surface area (Å²) in [5.74, 6) is 0.241. The van der Waals surface area contributed by atoms with Crippen molar-refractivity contribution in [2.24, 2.45) is 4.99 Å². The zero-order chi connectivity index (χ0) is 22.7. The maximum atomic E-state index is 13.3. The van der Waals surface area contributed by atoms with Crippen LogP contribution in [0.2, 0.25) is 0 Å². The summed E-state index contributed by atoms with van der Waals surface area (Å²) in [6.45, 7) is 6.43. The fourth-order valence-electron chi connectivity index (χ4n) is 3.88. The lowest BCUT2D eigenvalue weighted by Gasteiger charge is -2.33. The van der Waals surface area contributed by atoms with Gasteiger partial charge in [0.05, 0.1) is 29.2 Å². The Kier molecular flexibility index (Phi) is 6.65. The number of ether oxygens (including phenoxy) is 2. The van der Waals surface area contributed by atoms with Gasteiger partial charge in [-0.1, -0.05) is 61.2 Å². The molecule has 7 heteroatoms. The number of hydrogen-bond acceptors (Lipinski definition) is 6. The molecule has 2 aromatic rings. The van der Waals surface area contributed by atoms with Crippen LogP contribution in [0.1, 0.15) is 44.4 Å². The standard InChI is InChI=1S/C25H26N2O4S/c1-4-20-23(28)27-22(18-11-13-19(14-12-18)30-5-2)21(16(3)26-25(27)32-20)24(29)31-15-17-9-7-6-8-10-17/h6-14,20,22H,4-5,15H2,1-3H3/t20-,22+/m0/s1. The summed E-state index contributed by atoms with van der Waals surface area (Å²) in [6.07, 6.45) is 0.696. The van der Waals surface area contributed by atoms with E-state index < -0.39 is 12.0 Å². The lowest BCUT2D eigenvalue weighted by Crippen LogP contribution is -2.40. The average molecular weight is 451 g/mol. The van der Waals surface area contributed by atoms with Gasteiger partial charge >= 0.3 is 5.97 Å². The number of amides is 1. The monoisotopic (exact) mass is 450 g/mol. The van der Waals surface area contributed by atoms with Crippen LogP contribution in [0.5, 0.6) is 5.75 Å². The van der Waals surface area contributed by atoms with Gasteiger partial charge in [-0.2, -0.15) is 0 Å². The molecule has 0 saturated carbocycles. The molecule has 2 heterocycles. The first kappa shape index (κ1) is 22.1. The Balaban J connectivity index is 1.69. The van der Waals surface area contributed by atoms with Crippen LogP contribution in [-0.4, -0.2) is 33.8 Å². The van der Waals surface area contributed by atoms with E-state index in [1.807, 2.05) is 68.4 Å². The Morgan fingerprint density at radius 2 is 1.81 bits per heavy atom. The molecule has 1 fully saturated rings. The average Bonchev–Trinajstić information content (AvgIpc) is 3.13. The molecule has 0 radical (unpaired) electrons. The molecule has 166 valence electrons. The quantitative estimate of drug-likeness (QED) is 0.563. The maximum absolute atomic E-state index is 13.3. The number of hydrogen-bond donors (Lipinski definition) is 0. The van der Waals surface area contributed by atoms with Crippen LogP contribution in [0.3, 0.4) is 0 Å². The van der Waals surface area contributed by atoms with Gasteiger partial charge in [-0.15, -0.1) is 0 Å². The van der Waals surface area contributed by atoms with Gasteiger partial charge in [-0.3, -0.25) is 9.69 Å². The summed E-state index contributed by atoms with van der Waals surface area (Å²) in [5.41, 5.74) is 2.68. The minimum atomic E-state index is -0.585. The van der Waals surface area contributed by atoms with Gasteiger partial charge in [0.2, 0.25) is 5.91 Å². The molecule has 2 aromatic carbocycles. The second-order valence-electron chi connectivity index (χ2n) is 7.58. The molecule has 0 aromatic heterocycles. The number of amidine groups is 1. The summed E-state index contributed by atoms with van der Waals surface area (Å²) >= 11 is 1.46. The van der Waals surface area contributed by atoms with Gasteiger partial charge in [-0.25, -0.2) is 9.79 Å². The highest BCUT2D eigenvalue weighted by Crippen LogP contribution is 2.44. The van der Waals surface area contributed by atoms with E-state index in [0.29, 0.717) is 29.5 Å². The minimum Gasteiger partial charge on any atom is -0.494 e. The van der Waals surface area contributed by atoms with Crippen molar-refractivity contribution in [3.05, 3.63) is 77.0 Å². The Bertz CT molecular complexity index is 1060. The third-order valence-electron chi connectivity index (χ3n) is 5.46. The first-order valence-corrected chi connectivity index (χ1v) is 11.6. The second-order valence-corrected chi connectivity index (χ2v) is 8.75. The highest BCUT2D eigenvalue weighted by atomic mass is 32.2. The zero-order valence-corrected chi connectivity index (χ0v) is 19.2. The third kappa shape index (κ3) is 4.30.